The monoisotopic (exact) mass is 157 g/mol. The summed E-state index contributed by atoms with van der Waals surface area (Å²) < 4.78 is 5.29. The van der Waals surface area contributed by atoms with Gasteiger partial charge < -0.3 is 15.2 Å². The molecular formula is C8H15NO2. The van der Waals surface area contributed by atoms with E-state index in [1.807, 2.05) is 0 Å². The summed E-state index contributed by atoms with van der Waals surface area (Å²) in [4.78, 5) is 0. The van der Waals surface area contributed by atoms with Crippen molar-refractivity contribution in [2.24, 2.45) is 5.92 Å². The number of aliphatic hydroxyl groups excluding tert-OH is 1. The van der Waals surface area contributed by atoms with E-state index in [-0.39, 0.29) is 6.10 Å². The molecule has 0 bridgehead atoms. The Kier molecular flexibility index (Phi) is 2.11. The van der Waals surface area contributed by atoms with Gasteiger partial charge in [0.05, 0.1) is 19.3 Å². The van der Waals surface area contributed by atoms with Gasteiger partial charge in [0.2, 0.25) is 0 Å². The first-order valence-electron chi connectivity index (χ1n) is 4.37. The molecule has 2 aliphatic rings. The summed E-state index contributed by atoms with van der Waals surface area (Å²) >= 11 is 0. The van der Waals surface area contributed by atoms with Crippen LogP contribution in [0.4, 0.5) is 0 Å². The lowest BCUT2D eigenvalue weighted by atomic mass is 9.96. The van der Waals surface area contributed by atoms with Crippen molar-refractivity contribution >= 4 is 0 Å². The third-order valence-electron chi connectivity index (χ3n) is 2.70. The molecule has 2 aliphatic heterocycles. The Balaban J connectivity index is 2.03. The Morgan fingerprint density at radius 3 is 3.18 bits per heavy atom. The van der Waals surface area contributed by atoms with Crippen LogP contribution >= 0.6 is 0 Å². The maximum absolute atomic E-state index is 9.64. The van der Waals surface area contributed by atoms with Crippen molar-refractivity contribution in [1.82, 2.24) is 5.32 Å². The largest absolute Gasteiger partial charge is 0.393 e. The van der Waals surface area contributed by atoms with Crippen LogP contribution in [0.1, 0.15) is 12.8 Å². The van der Waals surface area contributed by atoms with E-state index < -0.39 is 0 Å². The minimum absolute atomic E-state index is 0.141. The third kappa shape index (κ3) is 1.41. The number of hydrogen-bond acceptors (Lipinski definition) is 3. The van der Waals surface area contributed by atoms with Gasteiger partial charge in [0.1, 0.15) is 0 Å². The highest BCUT2D eigenvalue weighted by atomic mass is 16.5. The number of nitrogens with one attached hydrogen (secondary N) is 1. The minimum atomic E-state index is -0.141. The van der Waals surface area contributed by atoms with Gasteiger partial charge in [0.25, 0.3) is 0 Å². The first-order chi connectivity index (χ1) is 5.38. The molecule has 64 valence electrons. The molecule has 2 fully saturated rings. The van der Waals surface area contributed by atoms with Crippen LogP contribution in [0, 0.1) is 5.92 Å². The number of hydrogen-bond donors (Lipinski definition) is 2. The molecule has 11 heavy (non-hydrogen) atoms. The summed E-state index contributed by atoms with van der Waals surface area (Å²) in [6.45, 7) is 2.54. The zero-order valence-corrected chi connectivity index (χ0v) is 6.62. The Labute approximate surface area is 66.7 Å². The summed E-state index contributed by atoms with van der Waals surface area (Å²) in [5.74, 6) is 0.345. The van der Waals surface area contributed by atoms with Gasteiger partial charge in [0.15, 0.2) is 0 Å². The van der Waals surface area contributed by atoms with Crippen molar-refractivity contribution in [2.45, 2.75) is 25.0 Å². The lowest BCUT2D eigenvalue weighted by Crippen LogP contribution is -2.38. The fourth-order valence-electron chi connectivity index (χ4n) is 1.97. The molecule has 0 spiro atoms. The van der Waals surface area contributed by atoms with Crippen LogP contribution in [0.15, 0.2) is 0 Å². The van der Waals surface area contributed by atoms with Gasteiger partial charge in [0, 0.05) is 12.0 Å². The second-order valence-corrected chi connectivity index (χ2v) is 3.47. The second kappa shape index (κ2) is 3.09. The van der Waals surface area contributed by atoms with Crippen LogP contribution in [0.3, 0.4) is 0 Å². The van der Waals surface area contributed by atoms with Crippen molar-refractivity contribution in [3.8, 4) is 0 Å². The van der Waals surface area contributed by atoms with E-state index in [0.29, 0.717) is 12.0 Å². The summed E-state index contributed by atoms with van der Waals surface area (Å²) in [7, 11) is 0. The third-order valence-corrected chi connectivity index (χ3v) is 2.70. The average Bonchev–Trinajstić information content (AvgIpc) is 2.40. The summed E-state index contributed by atoms with van der Waals surface area (Å²) in [6, 6.07) is 0.410. The molecule has 3 heteroatoms. The van der Waals surface area contributed by atoms with E-state index in [9.17, 15) is 5.11 Å². The minimum Gasteiger partial charge on any atom is -0.393 e. The van der Waals surface area contributed by atoms with Crippen molar-refractivity contribution in [3.63, 3.8) is 0 Å². The van der Waals surface area contributed by atoms with Gasteiger partial charge in [-0.05, 0) is 19.4 Å². The van der Waals surface area contributed by atoms with Gasteiger partial charge in [-0.1, -0.05) is 0 Å². The van der Waals surface area contributed by atoms with E-state index in [1.165, 1.54) is 0 Å². The zero-order valence-electron chi connectivity index (χ0n) is 6.62. The molecule has 0 radical (unpaired) electrons. The first-order valence-corrected chi connectivity index (χ1v) is 4.37. The van der Waals surface area contributed by atoms with E-state index in [1.54, 1.807) is 0 Å². The highest BCUT2D eigenvalue weighted by Gasteiger charge is 2.34. The second-order valence-electron chi connectivity index (χ2n) is 3.47. The molecule has 2 saturated heterocycles. The molecule has 3 nitrogen and oxygen atoms in total. The quantitative estimate of drug-likeness (QED) is 0.509. The van der Waals surface area contributed by atoms with Crippen molar-refractivity contribution in [1.29, 1.82) is 0 Å². The smallest absolute Gasteiger partial charge is 0.0624 e. The Bertz CT molecular complexity index is 140. The first kappa shape index (κ1) is 7.53. The Morgan fingerprint density at radius 1 is 1.36 bits per heavy atom. The molecule has 2 rings (SSSR count). The van der Waals surface area contributed by atoms with E-state index in [2.05, 4.69) is 5.32 Å². The molecule has 3 unspecified atom stereocenters. The fraction of sp³-hybridized carbons (Fsp3) is 1.00. The molecule has 3 atom stereocenters. The highest BCUT2D eigenvalue weighted by molar-refractivity contribution is 4.88. The van der Waals surface area contributed by atoms with Crippen LogP contribution < -0.4 is 5.32 Å². The predicted octanol–water partition coefficient (Wildman–Crippen LogP) is -0.254. The maximum atomic E-state index is 9.64. The summed E-state index contributed by atoms with van der Waals surface area (Å²) in [6.07, 6.45) is 1.88. The van der Waals surface area contributed by atoms with E-state index in [4.69, 9.17) is 4.74 Å². The van der Waals surface area contributed by atoms with Crippen molar-refractivity contribution in [3.05, 3.63) is 0 Å². The van der Waals surface area contributed by atoms with Gasteiger partial charge in [-0.2, -0.15) is 0 Å². The van der Waals surface area contributed by atoms with Crippen LogP contribution in [0.5, 0.6) is 0 Å². The lowest BCUT2D eigenvalue weighted by Gasteiger charge is -2.18. The zero-order chi connectivity index (χ0) is 7.68. The number of fused-ring (bicyclic) bond motifs is 1. The Hall–Kier alpha value is -0.120. The molecule has 0 aliphatic carbocycles. The van der Waals surface area contributed by atoms with Gasteiger partial charge in [-0.25, -0.2) is 0 Å². The van der Waals surface area contributed by atoms with E-state index >= 15 is 0 Å². The number of aliphatic hydroxyl groups is 1. The Morgan fingerprint density at radius 2 is 2.27 bits per heavy atom. The number of rotatable bonds is 0. The highest BCUT2D eigenvalue weighted by Crippen LogP contribution is 2.22. The number of ether oxygens (including phenoxy) is 1. The molecule has 2 heterocycles. The molecule has 2 N–H and O–H groups in total. The molecule has 0 aromatic carbocycles. The van der Waals surface area contributed by atoms with Crippen molar-refractivity contribution in [2.75, 3.05) is 19.8 Å². The van der Waals surface area contributed by atoms with E-state index in [0.717, 1.165) is 32.6 Å². The van der Waals surface area contributed by atoms with Crippen LogP contribution in [0.2, 0.25) is 0 Å². The van der Waals surface area contributed by atoms with Crippen molar-refractivity contribution < 1.29 is 9.84 Å². The molecule has 0 aromatic heterocycles. The molecular weight excluding hydrogens is 142 g/mol. The molecule has 0 saturated carbocycles. The van der Waals surface area contributed by atoms with Crippen LogP contribution in [-0.2, 0) is 4.74 Å². The topological polar surface area (TPSA) is 41.5 Å². The normalized spacial score (nSPS) is 45.0. The van der Waals surface area contributed by atoms with Gasteiger partial charge >= 0.3 is 0 Å². The predicted molar refractivity (Wildman–Crippen MR) is 41.3 cm³/mol. The fourth-order valence-corrected chi connectivity index (χ4v) is 1.97. The van der Waals surface area contributed by atoms with Crippen LogP contribution in [-0.4, -0.2) is 37.0 Å². The maximum Gasteiger partial charge on any atom is 0.0624 e. The van der Waals surface area contributed by atoms with Gasteiger partial charge in [-0.15, -0.1) is 0 Å². The SMILES string of the molecule is OC1CCCNC2COCC12. The van der Waals surface area contributed by atoms with Crippen LogP contribution in [0.25, 0.3) is 0 Å². The standard InChI is InChI=1S/C8H15NO2/c10-8-2-1-3-9-7-5-11-4-6(7)8/h6-10H,1-5H2. The summed E-state index contributed by atoms with van der Waals surface area (Å²) in [5.41, 5.74) is 0. The average molecular weight is 157 g/mol. The molecule has 0 amide bonds. The lowest BCUT2D eigenvalue weighted by molar-refractivity contribution is 0.0847. The molecule has 0 aromatic rings. The van der Waals surface area contributed by atoms with Gasteiger partial charge in [-0.3, -0.25) is 0 Å². The summed E-state index contributed by atoms with van der Waals surface area (Å²) in [5, 5.41) is 13.0.